The molecule has 0 radical (unpaired) electrons. The number of hydrogen-bond acceptors (Lipinski definition) is 2. The van der Waals surface area contributed by atoms with Crippen LogP contribution in [0, 0.1) is 17.8 Å². The Kier molecular flexibility index (Phi) is 7.03. The van der Waals surface area contributed by atoms with Crippen LogP contribution in [0.3, 0.4) is 0 Å². The lowest BCUT2D eigenvalue weighted by atomic mass is 9.70. The van der Waals surface area contributed by atoms with Crippen LogP contribution in [-0.4, -0.2) is 27.7 Å². The molecular weight excluding hydrogens is 330 g/mol. The molecule has 27 heavy (non-hydrogen) atoms. The molecule has 0 unspecified atom stereocenters. The van der Waals surface area contributed by atoms with E-state index in [1.807, 2.05) is 0 Å². The number of aliphatic hydroxyl groups excluding tert-OH is 1. The largest absolute Gasteiger partial charge is 0.393 e. The molecule has 0 amide bonds. The van der Waals surface area contributed by atoms with E-state index in [1.165, 1.54) is 44.1 Å². The highest BCUT2D eigenvalue weighted by Crippen LogP contribution is 2.43. The van der Waals surface area contributed by atoms with E-state index in [0.29, 0.717) is 17.9 Å². The molecule has 152 valence electrons. The van der Waals surface area contributed by atoms with Gasteiger partial charge in [-0.2, -0.15) is 0 Å². The molecule has 1 N–H and O–H groups in total. The molecule has 2 heteroatoms. The van der Waals surface area contributed by atoms with Crippen LogP contribution in [0.4, 0.5) is 0 Å². The number of aliphatic hydroxyl groups is 1. The van der Waals surface area contributed by atoms with Crippen LogP contribution in [-0.2, 0) is 6.54 Å². The zero-order valence-electron chi connectivity index (χ0n) is 18.0. The van der Waals surface area contributed by atoms with Gasteiger partial charge in [-0.3, -0.25) is 4.90 Å². The van der Waals surface area contributed by atoms with Crippen LogP contribution in [0.2, 0.25) is 0 Å². The normalized spacial score (nSPS) is 28.6. The summed E-state index contributed by atoms with van der Waals surface area (Å²) in [5.41, 5.74) is 1.42. The first-order valence-corrected chi connectivity index (χ1v) is 11.4. The molecule has 3 rings (SSSR count). The molecule has 0 aliphatic heterocycles. The van der Waals surface area contributed by atoms with Gasteiger partial charge < -0.3 is 5.11 Å². The van der Waals surface area contributed by atoms with E-state index >= 15 is 0 Å². The van der Waals surface area contributed by atoms with E-state index in [2.05, 4.69) is 62.9 Å². The van der Waals surface area contributed by atoms with Crippen molar-refractivity contribution in [2.75, 3.05) is 0 Å². The van der Waals surface area contributed by atoms with E-state index in [4.69, 9.17) is 0 Å². The van der Waals surface area contributed by atoms with Gasteiger partial charge in [0.1, 0.15) is 0 Å². The second kappa shape index (κ2) is 9.09. The van der Waals surface area contributed by atoms with Gasteiger partial charge in [0, 0.05) is 24.0 Å². The number of rotatable bonds is 7. The first-order chi connectivity index (χ1) is 12.9. The highest BCUT2D eigenvalue weighted by atomic mass is 16.3. The molecule has 4 atom stereocenters. The lowest BCUT2D eigenvalue weighted by Gasteiger charge is -2.52. The predicted octanol–water partition coefficient (Wildman–Crippen LogP) is 6.03. The average Bonchev–Trinajstić information content (AvgIpc) is 3.16. The van der Waals surface area contributed by atoms with Crippen LogP contribution in [0.15, 0.2) is 30.3 Å². The van der Waals surface area contributed by atoms with Crippen molar-refractivity contribution in [2.45, 2.75) is 103 Å². The molecule has 1 aromatic carbocycles. The minimum Gasteiger partial charge on any atom is -0.393 e. The van der Waals surface area contributed by atoms with Gasteiger partial charge in [-0.15, -0.1) is 0 Å². The summed E-state index contributed by atoms with van der Waals surface area (Å²) in [6, 6.07) is 11.6. The summed E-state index contributed by atoms with van der Waals surface area (Å²) in [7, 11) is 0. The molecule has 0 spiro atoms. The minimum atomic E-state index is -0.164. The Labute approximate surface area is 167 Å². The molecule has 2 saturated carbocycles. The van der Waals surface area contributed by atoms with E-state index < -0.39 is 0 Å². The molecule has 2 nitrogen and oxygen atoms in total. The van der Waals surface area contributed by atoms with Crippen LogP contribution < -0.4 is 0 Å². The molecule has 0 bridgehead atoms. The van der Waals surface area contributed by atoms with Gasteiger partial charge in [-0.1, -0.05) is 63.4 Å². The summed E-state index contributed by atoms with van der Waals surface area (Å²) >= 11 is 0. The Balaban J connectivity index is 1.89. The average molecular weight is 372 g/mol. The van der Waals surface area contributed by atoms with E-state index in [0.717, 1.165) is 25.3 Å². The van der Waals surface area contributed by atoms with Gasteiger partial charge in [0.15, 0.2) is 0 Å². The maximum Gasteiger partial charge on any atom is 0.0588 e. The summed E-state index contributed by atoms with van der Waals surface area (Å²) in [5, 5.41) is 11.0. The molecule has 0 aromatic heterocycles. The lowest BCUT2D eigenvalue weighted by Crippen LogP contribution is -2.58. The fourth-order valence-electron chi connectivity index (χ4n) is 6.07. The van der Waals surface area contributed by atoms with Crippen molar-refractivity contribution in [2.24, 2.45) is 17.8 Å². The van der Waals surface area contributed by atoms with E-state index in [1.54, 1.807) is 0 Å². The number of hydrogen-bond donors (Lipinski definition) is 1. The third kappa shape index (κ3) is 4.77. The van der Waals surface area contributed by atoms with Crippen LogP contribution in [0.1, 0.15) is 84.6 Å². The fraction of sp³-hybridized carbons (Fsp3) is 0.760. The van der Waals surface area contributed by atoms with Gasteiger partial charge in [0.25, 0.3) is 0 Å². The van der Waals surface area contributed by atoms with Gasteiger partial charge in [0.05, 0.1) is 6.10 Å². The Bertz CT molecular complexity index is 563. The van der Waals surface area contributed by atoms with Crippen molar-refractivity contribution >= 4 is 0 Å². The topological polar surface area (TPSA) is 23.5 Å². The third-order valence-corrected chi connectivity index (χ3v) is 7.68. The monoisotopic (exact) mass is 371 g/mol. The molecular formula is C25H41NO. The van der Waals surface area contributed by atoms with Crippen molar-refractivity contribution < 1.29 is 5.11 Å². The third-order valence-electron chi connectivity index (χ3n) is 7.68. The predicted molar refractivity (Wildman–Crippen MR) is 115 cm³/mol. The van der Waals surface area contributed by atoms with Gasteiger partial charge in [0.2, 0.25) is 0 Å². The first-order valence-electron chi connectivity index (χ1n) is 11.4. The zero-order valence-corrected chi connectivity index (χ0v) is 18.0. The second-order valence-corrected chi connectivity index (χ2v) is 9.88. The minimum absolute atomic E-state index is 0.0126. The summed E-state index contributed by atoms with van der Waals surface area (Å²) in [5.74, 6) is 1.84. The van der Waals surface area contributed by atoms with Crippen molar-refractivity contribution in [1.82, 2.24) is 4.90 Å². The zero-order chi connectivity index (χ0) is 19.4. The summed E-state index contributed by atoms with van der Waals surface area (Å²) < 4.78 is 0. The number of benzene rings is 1. The quantitative estimate of drug-likeness (QED) is 0.632. The van der Waals surface area contributed by atoms with Gasteiger partial charge >= 0.3 is 0 Å². The lowest BCUT2D eigenvalue weighted by molar-refractivity contribution is -0.0741. The Morgan fingerprint density at radius 2 is 1.74 bits per heavy atom. The maximum atomic E-state index is 11.0. The van der Waals surface area contributed by atoms with Crippen molar-refractivity contribution in [3.63, 3.8) is 0 Å². The standard InChI is InChI=1S/C25H41NO/c1-5-23(21-13-9-10-14-21)26(18-20-11-7-6-8-12-20)25(3,4)22-16-15-19(2)17-24(22)27/h6-8,11-12,19,21-24,27H,5,9-10,13-18H2,1-4H3/t19-,22-,23+,24-/m1/s1. The molecule has 2 aliphatic rings. The highest BCUT2D eigenvalue weighted by Gasteiger charge is 2.45. The Morgan fingerprint density at radius 1 is 1.07 bits per heavy atom. The SMILES string of the molecule is CC[C@@H](C1CCCC1)N(Cc1ccccc1)C(C)(C)[C@@H]1CC[C@@H](C)C[C@H]1O. The first kappa shape index (κ1) is 20.9. The van der Waals surface area contributed by atoms with Crippen molar-refractivity contribution in [3.05, 3.63) is 35.9 Å². The number of nitrogens with zero attached hydrogens (tertiary/aromatic N) is 1. The van der Waals surface area contributed by atoms with Crippen molar-refractivity contribution in [1.29, 1.82) is 0 Å². The summed E-state index contributed by atoms with van der Waals surface area (Å²) in [6.07, 6.45) is 9.96. The molecule has 0 saturated heterocycles. The van der Waals surface area contributed by atoms with Crippen LogP contribution in [0.25, 0.3) is 0 Å². The van der Waals surface area contributed by atoms with Gasteiger partial charge in [-0.05, 0) is 63.4 Å². The van der Waals surface area contributed by atoms with Crippen molar-refractivity contribution in [3.8, 4) is 0 Å². The van der Waals surface area contributed by atoms with Crippen LogP contribution >= 0.6 is 0 Å². The van der Waals surface area contributed by atoms with E-state index in [9.17, 15) is 5.11 Å². The highest BCUT2D eigenvalue weighted by molar-refractivity contribution is 5.16. The molecule has 2 fully saturated rings. The molecule has 2 aliphatic carbocycles. The second-order valence-electron chi connectivity index (χ2n) is 9.88. The molecule has 0 heterocycles. The summed E-state index contributed by atoms with van der Waals surface area (Å²) in [4.78, 5) is 2.79. The van der Waals surface area contributed by atoms with Gasteiger partial charge in [-0.25, -0.2) is 0 Å². The van der Waals surface area contributed by atoms with E-state index in [-0.39, 0.29) is 11.6 Å². The van der Waals surface area contributed by atoms with Crippen LogP contribution in [0.5, 0.6) is 0 Å². The Hall–Kier alpha value is -0.860. The Morgan fingerprint density at radius 3 is 2.33 bits per heavy atom. The smallest absolute Gasteiger partial charge is 0.0588 e. The fourth-order valence-corrected chi connectivity index (χ4v) is 6.07. The maximum absolute atomic E-state index is 11.0. The molecule has 1 aromatic rings. The summed E-state index contributed by atoms with van der Waals surface area (Å²) in [6.45, 7) is 10.5.